The topological polar surface area (TPSA) is 55.5 Å². The van der Waals surface area contributed by atoms with E-state index in [4.69, 9.17) is 10.5 Å². The van der Waals surface area contributed by atoms with Crippen LogP contribution in [0.15, 0.2) is 18.2 Å². The minimum absolute atomic E-state index is 0.118. The summed E-state index contributed by atoms with van der Waals surface area (Å²) in [6.07, 6.45) is 0.565. The molecule has 0 aromatic heterocycles. The quantitative estimate of drug-likeness (QED) is 0.832. The molecule has 1 rings (SSSR count). The van der Waals surface area contributed by atoms with E-state index in [1.165, 1.54) is 12.1 Å². The second-order valence-corrected chi connectivity index (χ2v) is 4.61. The highest BCUT2D eigenvalue weighted by Gasteiger charge is 2.20. The van der Waals surface area contributed by atoms with Gasteiger partial charge in [0, 0.05) is 17.7 Å². The normalized spacial score (nSPS) is 16.4. The van der Waals surface area contributed by atoms with Crippen molar-refractivity contribution in [3.63, 3.8) is 0 Å². The van der Waals surface area contributed by atoms with Crippen molar-refractivity contribution in [1.29, 1.82) is 0 Å². The van der Waals surface area contributed by atoms with Crippen LogP contribution in [0.5, 0.6) is 5.75 Å². The first-order valence-corrected chi connectivity index (χ1v) is 5.76. The monoisotopic (exact) mass is 241 g/mol. The summed E-state index contributed by atoms with van der Waals surface area (Å²) in [6, 6.07) is 4.02. The van der Waals surface area contributed by atoms with Crippen molar-refractivity contribution in [3.05, 3.63) is 29.6 Å². The van der Waals surface area contributed by atoms with E-state index in [0.29, 0.717) is 12.2 Å². The molecular weight excluding hydrogens is 221 g/mol. The van der Waals surface area contributed by atoms with E-state index in [-0.39, 0.29) is 18.5 Å². The Bertz CT molecular complexity index is 378. The largest absolute Gasteiger partial charge is 0.490 e. The summed E-state index contributed by atoms with van der Waals surface area (Å²) in [5, 5.41) is 9.83. The van der Waals surface area contributed by atoms with Crippen molar-refractivity contribution >= 4 is 0 Å². The van der Waals surface area contributed by atoms with E-state index in [1.807, 2.05) is 6.92 Å². The molecule has 0 spiro atoms. The summed E-state index contributed by atoms with van der Waals surface area (Å²) in [5.41, 5.74) is 5.59. The molecule has 1 aromatic carbocycles. The van der Waals surface area contributed by atoms with Gasteiger partial charge in [0.05, 0.1) is 5.60 Å². The highest BCUT2D eigenvalue weighted by molar-refractivity contribution is 5.36. The lowest BCUT2D eigenvalue weighted by Gasteiger charge is -2.23. The standard InChI is InChI=1S/C13H20FNO2/c1-4-13(3,16)8-17-12-7-10(14)5-6-11(12)9(2)15/h5-7,9,16H,4,8,15H2,1-3H3/t9-,13?/m0/s1. The number of rotatable bonds is 5. The van der Waals surface area contributed by atoms with Crippen LogP contribution in [0.1, 0.15) is 38.8 Å². The second-order valence-electron chi connectivity index (χ2n) is 4.61. The summed E-state index contributed by atoms with van der Waals surface area (Å²) < 4.78 is 18.6. The van der Waals surface area contributed by atoms with Crippen LogP contribution >= 0.6 is 0 Å². The molecule has 1 unspecified atom stereocenters. The molecule has 0 heterocycles. The van der Waals surface area contributed by atoms with Gasteiger partial charge in [-0.15, -0.1) is 0 Å². The van der Waals surface area contributed by atoms with E-state index in [2.05, 4.69) is 0 Å². The fourth-order valence-electron chi connectivity index (χ4n) is 1.34. The smallest absolute Gasteiger partial charge is 0.127 e. The molecule has 96 valence electrons. The molecule has 0 aliphatic rings. The maximum Gasteiger partial charge on any atom is 0.127 e. The Morgan fingerprint density at radius 1 is 1.53 bits per heavy atom. The van der Waals surface area contributed by atoms with Crippen molar-refractivity contribution in [2.24, 2.45) is 5.73 Å². The summed E-state index contributed by atoms with van der Waals surface area (Å²) in [7, 11) is 0. The van der Waals surface area contributed by atoms with Gasteiger partial charge in [0.2, 0.25) is 0 Å². The summed E-state index contributed by atoms with van der Waals surface area (Å²) in [5.74, 6) is 0.0225. The first-order valence-electron chi connectivity index (χ1n) is 5.76. The van der Waals surface area contributed by atoms with Crippen LogP contribution in [0.2, 0.25) is 0 Å². The minimum atomic E-state index is -0.915. The fourth-order valence-corrected chi connectivity index (χ4v) is 1.34. The third-order valence-electron chi connectivity index (χ3n) is 2.77. The van der Waals surface area contributed by atoms with Gasteiger partial charge in [-0.2, -0.15) is 0 Å². The van der Waals surface area contributed by atoms with Crippen LogP contribution in [0.4, 0.5) is 4.39 Å². The molecule has 0 aliphatic carbocycles. The zero-order chi connectivity index (χ0) is 13.1. The third-order valence-corrected chi connectivity index (χ3v) is 2.77. The highest BCUT2D eigenvalue weighted by atomic mass is 19.1. The molecule has 0 radical (unpaired) electrons. The zero-order valence-corrected chi connectivity index (χ0v) is 10.5. The van der Waals surface area contributed by atoms with Crippen LogP contribution < -0.4 is 10.5 Å². The average molecular weight is 241 g/mol. The maximum absolute atomic E-state index is 13.1. The molecule has 0 fully saturated rings. The summed E-state index contributed by atoms with van der Waals surface area (Å²) in [4.78, 5) is 0. The molecular formula is C13H20FNO2. The first kappa shape index (κ1) is 13.9. The van der Waals surface area contributed by atoms with Crippen LogP contribution in [0.25, 0.3) is 0 Å². The predicted molar refractivity (Wildman–Crippen MR) is 65.4 cm³/mol. The molecule has 0 amide bonds. The number of aliphatic hydroxyl groups is 1. The van der Waals surface area contributed by atoms with Gasteiger partial charge in [0.15, 0.2) is 0 Å². The molecule has 3 nitrogen and oxygen atoms in total. The zero-order valence-electron chi connectivity index (χ0n) is 10.5. The fraction of sp³-hybridized carbons (Fsp3) is 0.538. The number of halogens is 1. The second kappa shape index (κ2) is 5.47. The van der Waals surface area contributed by atoms with Gasteiger partial charge in [0.1, 0.15) is 18.2 Å². The average Bonchev–Trinajstić information content (AvgIpc) is 2.26. The van der Waals surface area contributed by atoms with Crippen molar-refractivity contribution in [3.8, 4) is 5.75 Å². The van der Waals surface area contributed by atoms with Crippen LogP contribution in [0.3, 0.4) is 0 Å². The number of nitrogens with two attached hydrogens (primary N) is 1. The van der Waals surface area contributed by atoms with Gasteiger partial charge in [0.25, 0.3) is 0 Å². The van der Waals surface area contributed by atoms with Gasteiger partial charge in [-0.3, -0.25) is 0 Å². The predicted octanol–water partition coefficient (Wildman–Crippen LogP) is 2.39. The number of hydrogen-bond donors (Lipinski definition) is 2. The Morgan fingerprint density at radius 3 is 2.71 bits per heavy atom. The van der Waals surface area contributed by atoms with Crippen LogP contribution in [-0.4, -0.2) is 17.3 Å². The lowest BCUT2D eigenvalue weighted by atomic mass is 10.1. The SMILES string of the molecule is CCC(C)(O)COc1cc(F)ccc1[C@H](C)N. The van der Waals surface area contributed by atoms with Gasteiger partial charge >= 0.3 is 0 Å². The van der Waals surface area contributed by atoms with Crippen LogP contribution in [-0.2, 0) is 0 Å². The summed E-state index contributed by atoms with van der Waals surface area (Å²) in [6.45, 7) is 5.46. The maximum atomic E-state index is 13.1. The molecule has 3 N–H and O–H groups in total. The van der Waals surface area contributed by atoms with Gasteiger partial charge in [-0.25, -0.2) is 4.39 Å². The van der Waals surface area contributed by atoms with Gasteiger partial charge < -0.3 is 15.6 Å². The van der Waals surface area contributed by atoms with Gasteiger partial charge in [-0.1, -0.05) is 13.0 Å². The van der Waals surface area contributed by atoms with Crippen molar-refractivity contribution in [2.75, 3.05) is 6.61 Å². The Morgan fingerprint density at radius 2 is 2.18 bits per heavy atom. The lowest BCUT2D eigenvalue weighted by Crippen LogP contribution is -2.31. The Hall–Kier alpha value is -1.13. The molecule has 0 saturated heterocycles. The third kappa shape index (κ3) is 3.98. The molecule has 4 heteroatoms. The van der Waals surface area contributed by atoms with Crippen molar-refractivity contribution in [1.82, 2.24) is 0 Å². The molecule has 1 aromatic rings. The Kier molecular flexibility index (Phi) is 4.48. The molecule has 0 saturated carbocycles. The molecule has 17 heavy (non-hydrogen) atoms. The highest BCUT2D eigenvalue weighted by Crippen LogP contribution is 2.26. The Balaban J connectivity index is 2.85. The lowest BCUT2D eigenvalue weighted by molar-refractivity contribution is 0.00800. The first-order chi connectivity index (χ1) is 7.85. The van der Waals surface area contributed by atoms with E-state index in [9.17, 15) is 9.50 Å². The number of ether oxygens (including phenoxy) is 1. The number of benzene rings is 1. The molecule has 0 bridgehead atoms. The van der Waals surface area contributed by atoms with Crippen LogP contribution in [0, 0.1) is 5.82 Å². The van der Waals surface area contributed by atoms with E-state index in [1.54, 1.807) is 19.9 Å². The molecule has 0 aliphatic heterocycles. The van der Waals surface area contributed by atoms with E-state index >= 15 is 0 Å². The van der Waals surface area contributed by atoms with Crippen molar-refractivity contribution in [2.45, 2.75) is 38.8 Å². The summed E-state index contributed by atoms with van der Waals surface area (Å²) >= 11 is 0. The Labute approximate surface area is 101 Å². The molecule has 2 atom stereocenters. The van der Waals surface area contributed by atoms with E-state index in [0.717, 1.165) is 5.56 Å². The minimum Gasteiger partial charge on any atom is -0.490 e. The van der Waals surface area contributed by atoms with E-state index < -0.39 is 5.60 Å². The van der Waals surface area contributed by atoms with Gasteiger partial charge in [-0.05, 0) is 26.3 Å². The van der Waals surface area contributed by atoms with Crippen molar-refractivity contribution < 1.29 is 14.2 Å². The number of hydrogen-bond acceptors (Lipinski definition) is 3.